The first-order valence-corrected chi connectivity index (χ1v) is 13.6. The van der Waals surface area contributed by atoms with E-state index in [9.17, 15) is 52.8 Å². The Labute approximate surface area is 203 Å². The molecule has 2 rings (SSSR count). The largest absolute Gasteiger partial charge is 0.457 e. The molecule has 18 heteroatoms. The highest BCUT2D eigenvalue weighted by Gasteiger charge is 2.82. The number of hydrogen-bond acceptors (Lipinski definition) is 8. The Morgan fingerprint density at radius 3 is 1.92 bits per heavy atom. The fourth-order valence-electron chi connectivity index (χ4n) is 4.05. The van der Waals surface area contributed by atoms with Crippen LogP contribution in [0.2, 0.25) is 0 Å². The fraction of sp³-hybridized carbons (Fsp3) is 0.889. The van der Waals surface area contributed by atoms with E-state index in [2.05, 4.69) is 0 Å². The number of ether oxygens (including phenoxy) is 2. The highest BCUT2D eigenvalue weighted by molar-refractivity contribution is 7.90. The molecule has 0 amide bonds. The third kappa shape index (κ3) is 5.45. The fourth-order valence-corrected chi connectivity index (χ4v) is 6.04. The first-order valence-electron chi connectivity index (χ1n) is 10.7. The van der Waals surface area contributed by atoms with Gasteiger partial charge in [0.2, 0.25) is 0 Å². The topological polar surface area (TPSA) is 144 Å². The predicted octanol–water partition coefficient (Wildman–Crippen LogP) is 2.55. The van der Waals surface area contributed by atoms with Crippen LogP contribution in [0.4, 0.5) is 26.3 Å². The van der Waals surface area contributed by atoms with Crippen LogP contribution in [0.15, 0.2) is 0 Å². The number of esters is 2. The van der Waals surface area contributed by atoms with E-state index in [1.165, 1.54) is 0 Å². The Hall–Kier alpha value is -1.66. The quantitative estimate of drug-likeness (QED) is 0.235. The van der Waals surface area contributed by atoms with Gasteiger partial charge in [-0.15, -0.1) is 0 Å². The van der Waals surface area contributed by atoms with Gasteiger partial charge >= 0.3 is 38.5 Å². The van der Waals surface area contributed by atoms with E-state index in [0.29, 0.717) is 19.3 Å². The van der Waals surface area contributed by atoms with Crippen molar-refractivity contribution in [2.45, 2.75) is 73.9 Å². The zero-order valence-electron chi connectivity index (χ0n) is 18.9. The number of rotatable bonds is 10. The van der Waals surface area contributed by atoms with Crippen molar-refractivity contribution < 1.29 is 66.8 Å². The van der Waals surface area contributed by atoms with Crippen molar-refractivity contribution in [3.05, 3.63) is 0 Å². The van der Waals surface area contributed by atoms with Crippen molar-refractivity contribution in [3.8, 4) is 0 Å². The summed E-state index contributed by atoms with van der Waals surface area (Å²) in [7, 11) is -13.7. The normalized spacial score (nSPS) is 20.8. The van der Waals surface area contributed by atoms with Crippen LogP contribution in [0.5, 0.6) is 0 Å². The zero-order chi connectivity index (χ0) is 27.8. The maximum Gasteiger partial charge on any atom is 0.439 e. The summed E-state index contributed by atoms with van der Waals surface area (Å²) in [6.07, 6.45) is 2.47. The summed E-state index contributed by atoms with van der Waals surface area (Å²) in [5.74, 6) is -10.0. The molecule has 2 aliphatic rings. The summed E-state index contributed by atoms with van der Waals surface area (Å²) in [4.78, 5) is 24.2. The van der Waals surface area contributed by atoms with Crippen LogP contribution in [0.1, 0.15) is 51.9 Å². The van der Waals surface area contributed by atoms with Crippen molar-refractivity contribution in [2.24, 2.45) is 5.92 Å². The standard InChI is InChI=1S/C18H25F6NO9S2/c1-2-15(7-3-4-8-15)34-13(26)11-33-14(27)12-5-9-25(10-6-12)35(28,29)17(21,22)16(19,20)18(23,24)36(30,31)32/h12H,2-11H2,1H3,(H,30,31,32). The van der Waals surface area contributed by atoms with Gasteiger partial charge in [-0.3, -0.25) is 9.35 Å². The molecule has 1 N–H and O–H groups in total. The van der Waals surface area contributed by atoms with Crippen LogP contribution in [0.3, 0.4) is 0 Å². The number of piperidine rings is 1. The van der Waals surface area contributed by atoms with Crippen LogP contribution in [0.25, 0.3) is 0 Å². The summed E-state index contributed by atoms with van der Waals surface area (Å²) in [5.41, 5.74) is -0.650. The third-order valence-electron chi connectivity index (χ3n) is 6.33. The number of sulfonamides is 1. The molecular weight excluding hydrogens is 552 g/mol. The van der Waals surface area contributed by atoms with Gasteiger partial charge < -0.3 is 9.47 Å². The number of halogens is 6. The summed E-state index contributed by atoms with van der Waals surface area (Å²) >= 11 is 0. The third-order valence-corrected chi connectivity index (χ3v) is 9.18. The van der Waals surface area contributed by atoms with E-state index in [0.717, 1.165) is 12.8 Å². The molecule has 0 radical (unpaired) electrons. The summed E-state index contributed by atoms with van der Waals surface area (Å²) in [5, 5.41) is -13.5. The van der Waals surface area contributed by atoms with Gasteiger partial charge in [-0.2, -0.15) is 39.1 Å². The van der Waals surface area contributed by atoms with E-state index in [4.69, 9.17) is 14.0 Å². The van der Waals surface area contributed by atoms with Gasteiger partial charge in [0.05, 0.1) is 5.92 Å². The lowest BCUT2D eigenvalue weighted by molar-refractivity contribution is -0.247. The lowest BCUT2D eigenvalue weighted by atomic mass is 9.98. The van der Waals surface area contributed by atoms with E-state index in [-0.39, 0.29) is 4.31 Å². The Morgan fingerprint density at radius 1 is 0.972 bits per heavy atom. The van der Waals surface area contributed by atoms with E-state index >= 15 is 0 Å². The van der Waals surface area contributed by atoms with Crippen LogP contribution in [0, 0.1) is 5.92 Å². The molecule has 0 atom stereocenters. The van der Waals surface area contributed by atoms with Crippen LogP contribution < -0.4 is 0 Å². The maximum atomic E-state index is 14.1. The van der Waals surface area contributed by atoms with Crippen molar-refractivity contribution in [1.29, 1.82) is 0 Å². The Kier molecular flexibility index (Phi) is 8.70. The first-order chi connectivity index (χ1) is 16.3. The number of alkyl halides is 6. The average Bonchev–Trinajstić information content (AvgIpc) is 3.25. The van der Waals surface area contributed by atoms with Gasteiger partial charge in [0.25, 0.3) is 10.0 Å². The molecule has 0 bridgehead atoms. The van der Waals surface area contributed by atoms with Crippen LogP contribution in [-0.4, -0.2) is 79.4 Å². The van der Waals surface area contributed by atoms with Crippen LogP contribution >= 0.6 is 0 Å². The summed E-state index contributed by atoms with van der Waals surface area (Å²) in [6, 6.07) is 0. The Balaban J connectivity index is 2.00. The summed E-state index contributed by atoms with van der Waals surface area (Å²) < 4.78 is 146. The van der Waals surface area contributed by atoms with Gasteiger partial charge in [-0.05, 0) is 44.9 Å². The average molecular weight is 578 g/mol. The Morgan fingerprint density at radius 2 is 1.47 bits per heavy atom. The maximum absolute atomic E-state index is 14.1. The van der Waals surface area contributed by atoms with E-state index in [1.54, 1.807) is 0 Å². The molecule has 1 aliphatic carbocycles. The minimum absolute atomic E-state index is 0.301. The molecule has 210 valence electrons. The molecule has 36 heavy (non-hydrogen) atoms. The molecule has 0 spiro atoms. The van der Waals surface area contributed by atoms with E-state index in [1.807, 2.05) is 6.92 Å². The molecule has 0 aromatic heterocycles. The number of nitrogens with zero attached hydrogens (tertiary/aromatic N) is 1. The van der Waals surface area contributed by atoms with Crippen molar-refractivity contribution in [1.82, 2.24) is 4.31 Å². The van der Waals surface area contributed by atoms with Crippen molar-refractivity contribution in [2.75, 3.05) is 19.7 Å². The molecule has 10 nitrogen and oxygen atoms in total. The molecule has 0 aromatic rings. The lowest BCUT2D eigenvalue weighted by Crippen LogP contribution is -2.63. The van der Waals surface area contributed by atoms with Crippen molar-refractivity contribution in [3.63, 3.8) is 0 Å². The second-order valence-corrected chi connectivity index (χ2v) is 12.0. The smallest absolute Gasteiger partial charge is 0.439 e. The Bertz CT molecular complexity index is 1050. The van der Waals surface area contributed by atoms with Crippen molar-refractivity contribution >= 4 is 32.1 Å². The number of carbonyl (C=O) groups is 2. The van der Waals surface area contributed by atoms with Gasteiger partial charge in [0.1, 0.15) is 5.60 Å². The highest BCUT2D eigenvalue weighted by atomic mass is 32.2. The minimum Gasteiger partial charge on any atom is -0.457 e. The molecular formula is C18H25F6NO9S2. The summed E-state index contributed by atoms with van der Waals surface area (Å²) in [6.45, 7) is -0.951. The zero-order valence-corrected chi connectivity index (χ0v) is 20.5. The van der Waals surface area contributed by atoms with Gasteiger partial charge in [0.15, 0.2) is 6.61 Å². The second kappa shape index (κ2) is 10.2. The van der Waals surface area contributed by atoms with Gasteiger partial charge in [-0.1, -0.05) is 6.92 Å². The molecule has 0 unspecified atom stereocenters. The molecule has 0 aromatic carbocycles. The SMILES string of the molecule is CCC1(OC(=O)COC(=O)C2CCN(S(=O)(=O)C(F)(F)C(F)(F)C(F)(F)S(=O)(=O)O)CC2)CCCC1. The minimum atomic E-state index is -7.13. The van der Waals surface area contributed by atoms with Gasteiger partial charge in [0, 0.05) is 13.1 Å². The lowest BCUT2D eigenvalue weighted by Gasteiger charge is -2.36. The second-order valence-electron chi connectivity index (χ2n) is 8.59. The number of carbonyl (C=O) groups excluding carboxylic acids is 2. The van der Waals surface area contributed by atoms with Crippen LogP contribution in [-0.2, 0) is 39.2 Å². The van der Waals surface area contributed by atoms with E-state index < -0.39 is 92.6 Å². The molecule has 1 heterocycles. The number of hydrogen-bond donors (Lipinski definition) is 1. The monoisotopic (exact) mass is 577 g/mol. The molecule has 2 fully saturated rings. The predicted molar refractivity (Wildman–Crippen MR) is 108 cm³/mol. The van der Waals surface area contributed by atoms with Gasteiger partial charge in [-0.25, -0.2) is 13.2 Å². The molecule has 1 aliphatic heterocycles. The first kappa shape index (κ1) is 30.6. The molecule has 1 saturated carbocycles. The highest BCUT2D eigenvalue weighted by Crippen LogP contribution is 2.51. The molecule has 1 saturated heterocycles.